The van der Waals surface area contributed by atoms with Crippen LogP contribution in [0.25, 0.3) is 0 Å². The van der Waals surface area contributed by atoms with Crippen molar-refractivity contribution in [2.45, 2.75) is 52.3 Å². The molecule has 1 rings (SSSR count). The quantitative estimate of drug-likeness (QED) is 0.861. The second-order valence-electron chi connectivity index (χ2n) is 5.79. The lowest BCUT2D eigenvalue weighted by atomic mass is 10.2. The van der Waals surface area contributed by atoms with E-state index in [1.54, 1.807) is 45.4 Å². The Morgan fingerprint density at radius 2 is 1.95 bits per heavy atom. The lowest BCUT2D eigenvalue weighted by molar-refractivity contribution is -0.144. The van der Waals surface area contributed by atoms with Gasteiger partial charge >= 0.3 is 12.1 Å². The van der Waals surface area contributed by atoms with Gasteiger partial charge in [-0.3, -0.25) is 0 Å². The number of imidazole rings is 1. The van der Waals surface area contributed by atoms with E-state index < -0.39 is 17.7 Å². The van der Waals surface area contributed by atoms with E-state index in [9.17, 15) is 9.59 Å². The van der Waals surface area contributed by atoms with Crippen molar-refractivity contribution in [2.75, 3.05) is 7.11 Å². The first-order valence-electron chi connectivity index (χ1n) is 6.74. The second kappa shape index (κ2) is 6.60. The highest BCUT2D eigenvalue weighted by atomic mass is 16.6. The number of rotatable bonds is 4. The van der Waals surface area contributed by atoms with Crippen LogP contribution in [-0.2, 0) is 14.3 Å². The van der Waals surface area contributed by atoms with Crippen molar-refractivity contribution in [3.63, 3.8) is 0 Å². The standard InChI is InChI=1S/C14H23N3O4/c1-9(16-13(19)21-14(3,4)5)11-7-15-8-17(11)10(2)12(18)20-6/h7-10H,1-6H3,(H,16,19)/t9-,10?/m0/s1. The Kier molecular flexibility index (Phi) is 5.34. The maximum Gasteiger partial charge on any atom is 0.408 e. The van der Waals surface area contributed by atoms with Crippen LogP contribution in [0.2, 0.25) is 0 Å². The van der Waals surface area contributed by atoms with Crippen molar-refractivity contribution in [1.82, 2.24) is 14.9 Å². The van der Waals surface area contributed by atoms with Gasteiger partial charge in [0.25, 0.3) is 0 Å². The lowest BCUT2D eigenvalue weighted by Crippen LogP contribution is -2.35. The van der Waals surface area contributed by atoms with E-state index in [2.05, 4.69) is 10.3 Å². The molecule has 0 spiro atoms. The predicted octanol–water partition coefficient (Wildman–Crippen LogP) is 2.20. The first kappa shape index (κ1) is 17.0. The number of methoxy groups -OCH3 is 1. The molecule has 0 bridgehead atoms. The average Bonchev–Trinajstić information content (AvgIpc) is 2.83. The highest BCUT2D eigenvalue weighted by Gasteiger charge is 2.23. The van der Waals surface area contributed by atoms with Crippen LogP contribution in [0.15, 0.2) is 12.5 Å². The molecule has 0 fully saturated rings. The molecule has 0 aliphatic heterocycles. The van der Waals surface area contributed by atoms with Crippen LogP contribution < -0.4 is 5.32 Å². The molecule has 1 heterocycles. The largest absolute Gasteiger partial charge is 0.467 e. The molecule has 1 amide bonds. The molecule has 1 N–H and O–H groups in total. The molecule has 0 saturated heterocycles. The number of nitrogens with zero attached hydrogens (tertiary/aromatic N) is 2. The van der Waals surface area contributed by atoms with Gasteiger partial charge < -0.3 is 19.4 Å². The highest BCUT2D eigenvalue weighted by Crippen LogP contribution is 2.18. The van der Waals surface area contributed by atoms with Crippen molar-refractivity contribution in [1.29, 1.82) is 0 Å². The van der Waals surface area contributed by atoms with Gasteiger partial charge in [-0.05, 0) is 34.6 Å². The fourth-order valence-corrected chi connectivity index (χ4v) is 1.82. The van der Waals surface area contributed by atoms with Crippen molar-refractivity contribution in [3.05, 3.63) is 18.2 Å². The summed E-state index contributed by atoms with van der Waals surface area (Å²) in [6.45, 7) is 8.88. The zero-order chi connectivity index (χ0) is 16.2. The third-order valence-electron chi connectivity index (χ3n) is 2.83. The summed E-state index contributed by atoms with van der Waals surface area (Å²) >= 11 is 0. The first-order valence-corrected chi connectivity index (χ1v) is 6.74. The van der Waals surface area contributed by atoms with E-state index in [4.69, 9.17) is 9.47 Å². The van der Waals surface area contributed by atoms with Crippen molar-refractivity contribution in [2.24, 2.45) is 0 Å². The fraction of sp³-hybridized carbons (Fsp3) is 0.643. The molecule has 0 radical (unpaired) electrons. The number of amides is 1. The van der Waals surface area contributed by atoms with Crippen LogP contribution in [-0.4, -0.2) is 34.3 Å². The average molecular weight is 297 g/mol. The summed E-state index contributed by atoms with van der Waals surface area (Å²) < 4.78 is 11.6. The number of aromatic nitrogens is 2. The predicted molar refractivity (Wildman–Crippen MR) is 76.7 cm³/mol. The number of carbonyl (C=O) groups excluding carboxylic acids is 2. The van der Waals surface area contributed by atoms with Gasteiger partial charge in [0.2, 0.25) is 0 Å². The van der Waals surface area contributed by atoms with Crippen LogP contribution in [0.3, 0.4) is 0 Å². The Bertz CT molecular complexity index is 505. The van der Waals surface area contributed by atoms with Gasteiger partial charge in [-0.2, -0.15) is 0 Å². The maximum atomic E-state index is 11.8. The summed E-state index contributed by atoms with van der Waals surface area (Å²) in [5, 5.41) is 2.72. The zero-order valence-electron chi connectivity index (χ0n) is 13.3. The van der Waals surface area contributed by atoms with E-state index >= 15 is 0 Å². The molecule has 118 valence electrons. The Labute approximate surface area is 124 Å². The van der Waals surface area contributed by atoms with Crippen LogP contribution in [0, 0.1) is 0 Å². The van der Waals surface area contributed by atoms with E-state index in [1.165, 1.54) is 13.4 Å². The Morgan fingerprint density at radius 1 is 1.33 bits per heavy atom. The molecule has 1 aromatic rings. The SMILES string of the molecule is COC(=O)C(C)n1cncc1[C@H](C)NC(=O)OC(C)(C)C. The molecule has 0 aliphatic rings. The molecule has 0 saturated carbocycles. The Balaban J connectivity index is 2.80. The molecular weight excluding hydrogens is 274 g/mol. The van der Waals surface area contributed by atoms with Gasteiger partial charge in [0, 0.05) is 0 Å². The van der Waals surface area contributed by atoms with Crippen LogP contribution in [0.1, 0.15) is 52.4 Å². The van der Waals surface area contributed by atoms with Gasteiger partial charge in [0.05, 0.1) is 31.4 Å². The van der Waals surface area contributed by atoms with Gasteiger partial charge in [-0.25, -0.2) is 14.6 Å². The van der Waals surface area contributed by atoms with Crippen LogP contribution in [0.4, 0.5) is 4.79 Å². The molecular formula is C14H23N3O4. The topological polar surface area (TPSA) is 82.5 Å². The van der Waals surface area contributed by atoms with Gasteiger partial charge in [-0.1, -0.05) is 0 Å². The van der Waals surface area contributed by atoms with E-state index in [0.29, 0.717) is 5.69 Å². The van der Waals surface area contributed by atoms with Crippen LogP contribution in [0.5, 0.6) is 0 Å². The summed E-state index contributed by atoms with van der Waals surface area (Å²) in [5.74, 6) is -0.376. The molecule has 7 nitrogen and oxygen atoms in total. The minimum Gasteiger partial charge on any atom is -0.467 e. The Hall–Kier alpha value is -2.05. The normalized spacial score (nSPS) is 14.2. The molecule has 1 aromatic heterocycles. The molecule has 7 heteroatoms. The molecule has 1 unspecified atom stereocenters. The molecule has 2 atom stereocenters. The number of carbonyl (C=O) groups is 2. The van der Waals surface area contributed by atoms with Crippen molar-refractivity contribution < 1.29 is 19.1 Å². The molecule has 0 aliphatic carbocycles. The highest BCUT2D eigenvalue weighted by molar-refractivity contribution is 5.73. The third kappa shape index (κ3) is 4.77. The lowest BCUT2D eigenvalue weighted by Gasteiger charge is -2.23. The summed E-state index contributed by atoms with van der Waals surface area (Å²) in [5.41, 5.74) is 0.127. The monoisotopic (exact) mass is 297 g/mol. The van der Waals surface area contributed by atoms with Gasteiger partial charge in [-0.15, -0.1) is 0 Å². The summed E-state index contributed by atoms with van der Waals surface area (Å²) in [4.78, 5) is 27.4. The summed E-state index contributed by atoms with van der Waals surface area (Å²) in [6.07, 6.45) is 2.61. The zero-order valence-corrected chi connectivity index (χ0v) is 13.3. The number of esters is 1. The Morgan fingerprint density at radius 3 is 2.48 bits per heavy atom. The summed E-state index contributed by atoms with van der Waals surface area (Å²) in [7, 11) is 1.33. The van der Waals surface area contributed by atoms with Crippen LogP contribution >= 0.6 is 0 Å². The van der Waals surface area contributed by atoms with Gasteiger partial charge in [0.1, 0.15) is 11.6 Å². The minimum absolute atomic E-state index is 0.352. The van der Waals surface area contributed by atoms with Gasteiger partial charge in [0.15, 0.2) is 0 Å². The van der Waals surface area contributed by atoms with Crippen molar-refractivity contribution >= 4 is 12.1 Å². The first-order chi connectivity index (χ1) is 9.65. The van der Waals surface area contributed by atoms with E-state index in [-0.39, 0.29) is 12.0 Å². The fourth-order valence-electron chi connectivity index (χ4n) is 1.82. The van der Waals surface area contributed by atoms with Crippen molar-refractivity contribution in [3.8, 4) is 0 Å². The number of hydrogen-bond donors (Lipinski definition) is 1. The van der Waals surface area contributed by atoms with E-state index in [1.807, 2.05) is 0 Å². The molecule has 0 aromatic carbocycles. The number of hydrogen-bond acceptors (Lipinski definition) is 5. The molecule has 21 heavy (non-hydrogen) atoms. The second-order valence-corrected chi connectivity index (χ2v) is 5.79. The number of alkyl carbamates (subject to hydrolysis) is 1. The number of ether oxygens (including phenoxy) is 2. The maximum absolute atomic E-state index is 11.8. The summed E-state index contributed by atoms with van der Waals surface area (Å²) in [6, 6.07) is -0.871. The number of nitrogens with one attached hydrogen (secondary N) is 1. The van der Waals surface area contributed by atoms with E-state index in [0.717, 1.165) is 0 Å². The third-order valence-corrected chi connectivity index (χ3v) is 2.83. The minimum atomic E-state index is -0.566. The smallest absolute Gasteiger partial charge is 0.408 e.